The van der Waals surface area contributed by atoms with E-state index >= 15 is 0 Å². The van der Waals surface area contributed by atoms with Crippen molar-refractivity contribution in [3.8, 4) is 11.5 Å². The van der Waals surface area contributed by atoms with Gasteiger partial charge < -0.3 is 19.3 Å². The molecule has 0 saturated carbocycles. The summed E-state index contributed by atoms with van der Waals surface area (Å²) in [4.78, 5) is 11.3. The molecule has 5 rings (SSSR count). The van der Waals surface area contributed by atoms with Crippen molar-refractivity contribution in [2.24, 2.45) is 0 Å². The molecule has 2 aromatic heterocycles. The number of carbonyl (C=O) groups excluding carboxylic acids is 1. The zero-order chi connectivity index (χ0) is 29.7. The van der Waals surface area contributed by atoms with Gasteiger partial charge in [0.1, 0.15) is 28.4 Å². The summed E-state index contributed by atoms with van der Waals surface area (Å²) in [5, 5.41) is 10.9. The molecule has 11 nitrogen and oxygen atoms in total. The lowest BCUT2D eigenvalue weighted by atomic mass is 10.1. The first-order chi connectivity index (χ1) is 20.2. The standard InChI is InChI=1S/C29H26FN5O6S/c1-19(30)29(36)31-14-22-15-32-35(17-22)16-21-12-24(39-2)27-25(13-21)41-33-28(27)34-42(37,38)26-11-7-6-10-23(26)40-18-20-8-4-3-5-9-20/h3-13,15,17H,1,14,16,18H2,2H3,(H,31,36)(H,33,34). The number of hydrogen-bond donors (Lipinski definition) is 2. The van der Waals surface area contributed by atoms with Gasteiger partial charge in [-0.25, -0.2) is 12.8 Å². The van der Waals surface area contributed by atoms with Crippen LogP contribution in [0.4, 0.5) is 10.2 Å². The SMILES string of the molecule is C=C(F)C(=O)NCc1cnn(Cc2cc(OC)c3c(NS(=O)(=O)c4ccccc4OCc4ccccc4)noc3c2)c1. The van der Waals surface area contributed by atoms with Gasteiger partial charge in [-0.15, -0.1) is 0 Å². The molecule has 2 heterocycles. The van der Waals surface area contributed by atoms with Crippen LogP contribution < -0.4 is 19.5 Å². The summed E-state index contributed by atoms with van der Waals surface area (Å²) in [6, 6.07) is 19.1. The third-order valence-corrected chi connectivity index (χ3v) is 7.53. The van der Waals surface area contributed by atoms with Gasteiger partial charge in [0.05, 0.1) is 19.9 Å². The van der Waals surface area contributed by atoms with Crippen molar-refractivity contribution in [1.29, 1.82) is 0 Å². The van der Waals surface area contributed by atoms with E-state index in [0.29, 0.717) is 23.2 Å². The van der Waals surface area contributed by atoms with E-state index in [-0.39, 0.29) is 35.2 Å². The molecule has 1 amide bonds. The summed E-state index contributed by atoms with van der Waals surface area (Å²) >= 11 is 0. The zero-order valence-corrected chi connectivity index (χ0v) is 23.2. The first kappa shape index (κ1) is 28.4. The molecule has 0 aliphatic carbocycles. The third kappa shape index (κ3) is 6.41. The predicted octanol–water partition coefficient (Wildman–Crippen LogP) is 4.56. The minimum atomic E-state index is -4.13. The highest BCUT2D eigenvalue weighted by atomic mass is 32.2. The van der Waals surface area contributed by atoms with E-state index in [1.807, 2.05) is 30.3 Å². The maximum Gasteiger partial charge on any atom is 0.279 e. The lowest BCUT2D eigenvalue weighted by molar-refractivity contribution is -0.119. The number of sulfonamides is 1. The van der Waals surface area contributed by atoms with E-state index in [1.165, 1.54) is 13.2 Å². The van der Waals surface area contributed by atoms with Crippen LogP contribution in [0.25, 0.3) is 11.0 Å². The lowest BCUT2D eigenvalue weighted by Gasteiger charge is -2.13. The summed E-state index contributed by atoms with van der Waals surface area (Å²) in [7, 11) is -2.69. The molecule has 13 heteroatoms. The minimum Gasteiger partial charge on any atom is -0.496 e. The van der Waals surface area contributed by atoms with E-state index in [4.69, 9.17) is 14.0 Å². The Morgan fingerprint density at radius 2 is 1.81 bits per heavy atom. The molecular formula is C29H26FN5O6S. The number of halogens is 1. The summed E-state index contributed by atoms with van der Waals surface area (Å²) in [5.41, 5.74) is 2.56. The van der Waals surface area contributed by atoms with Gasteiger partial charge in [0, 0.05) is 18.3 Å². The molecule has 0 saturated heterocycles. The number of anilines is 1. The van der Waals surface area contributed by atoms with Crippen LogP contribution in [0.15, 0.2) is 101 Å². The Morgan fingerprint density at radius 3 is 2.57 bits per heavy atom. The van der Waals surface area contributed by atoms with Gasteiger partial charge >= 0.3 is 0 Å². The molecule has 0 atom stereocenters. The highest BCUT2D eigenvalue weighted by molar-refractivity contribution is 7.92. The molecule has 3 aromatic carbocycles. The Morgan fingerprint density at radius 1 is 1.05 bits per heavy atom. The quantitative estimate of drug-likeness (QED) is 0.202. The van der Waals surface area contributed by atoms with Crippen LogP contribution >= 0.6 is 0 Å². The maximum absolute atomic E-state index is 13.4. The average molecular weight is 592 g/mol. The molecule has 0 spiro atoms. The second kappa shape index (κ2) is 12.1. The van der Waals surface area contributed by atoms with Crippen LogP contribution in [0, 0.1) is 0 Å². The molecule has 0 aliphatic heterocycles. The number of rotatable bonds is 12. The summed E-state index contributed by atoms with van der Waals surface area (Å²) in [5.74, 6) is -1.49. The van der Waals surface area contributed by atoms with E-state index in [0.717, 1.165) is 11.1 Å². The van der Waals surface area contributed by atoms with Crippen molar-refractivity contribution in [1.82, 2.24) is 20.3 Å². The van der Waals surface area contributed by atoms with Crippen molar-refractivity contribution < 1.29 is 31.6 Å². The monoisotopic (exact) mass is 591 g/mol. The average Bonchev–Trinajstić information content (AvgIpc) is 3.61. The molecule has 42 heavy (non-hydrogen) atoms. The number of methoxy groups -OCH3 is 1. The Hall–Kier alpha value is -5.17. The molecule has 0 bridgehead atoms. The maximum atomic E-state index is 13.4. The van der Waals surface area contributed by atoms with Crippen molar-refractivity contribution >= 4 is 32.7 Å². The molecule has 5 aromatic rings. The Bertz CT molecular complexity index is 1850. The van der Waals surface area contributed by atoms with Crippen LogP contribution in [-0.2, 0) is 34.5 Å². The summed E-state index contributed by atoms with van der Waals surface area (Å²) in [6.45, 7) is 3.53. The summed E-state index contributed by atoms with van der Waals surface area (Å²) in [6.07, 6.45) is 3.23. The predicted molar refractivity (Wildman–Crippen MR) is 152 cm³/mol. The Labute approximate surface area is 240 Å². The molecule has 0 aliphatic rings. The molecular weight excluding hydrogens is 565 g/mol. The number of aromatic nitrogens is 3. The van der Waals surface area contributed by atoms with Crippen molar-refractivity contribution in [3.05, 3.63) is 108 Å². The van der Waals surface area contributed by atoms with Gasteiger partial charge in [-0.05, 0) is 35.4 Å². The van der Waals surface area contributed by atoms with Gasteiger partial charge in [-0.2, -0.15) is 5.10 Å². The Balaban J connectivity index is 1.35. The topological polar surface area (TPSA) is 138 Å². The number of para-hydroxylation sites is 1. The fourth-order valence-corrected chi connectivity index (χ4v) is 5.32. The first-order valence-corrected chi connectivity index (χ1v) is 14.1. The van der Waals surface area contributed by atoms with Crippen LogP contribution in [0.1, 0.15) is 16.7 Å². The molecule has 0 radical (unpaired) electrons. The number of carbonyl (C=O) groups is 1. The van der Waals surface area contributed by atoms with Gasteiger partial charge in [0.15, 0.2) is 17.2 Å². The minimum absolute atomic E-state index is 0.0437. The van der Waals surface area contributed by atoms with Crippen LogP contribution in [0.3, 0.4) is 0 Å². The Kier molecular flexibility index (Phi) is 8.20. The van der Waals surface area contributed by atoms with E-state index < -0.39 is 21.8 Å². The number of benzene rings is 3. The number of ether oxygens (including phenoxy) is 2. The second-order valence-corrected chi connectivity index (χ2v) is 10.8. The fourth-order valence-electron chi connectivity index (χ4n) is 4.17. The van der Waals surface area contributed by atoms with Crippen molar-refractivity contribution in [2.45, 2.75) is 24.6 Å². The van der Waals surface area contributed by atoms with Gasteiger partial charge in [0.25, 0.3) is 15.9 Å². The van der Waals surface area contributed by atoms with Gasteiger partial charge in [-0.3, -0.25) is 14.2 Å². The highest BCUT2D eigenvalue weighted by Crippen LogP contribution is 2.36. The normalized spacial score (nSPS) is 11.3. The van der Waals surface area contributed by atoms with E-state index in [2.05, 4.69) is 26.9 Å². The van der Waals surface area contributed by atoms with E-state index in [1.54, 1.807) is 47.4 Å². The number of fused-ring (bicyclic) bond motifs is 1. The molecule has 0 fully saturated rings. The van der Waals surface area contributed by atoms with Crippen LogP contribution in [-0.4, -0.2) is 36.4 Å². The number of hydrogen-bond acceptors (Lipinski definition) is 8. The smallest absolute Gasteiger partial charge is 0.279 e. The zero-order valence-electron chi connectivity index (χ0n) is 22.4. The lowest BCUT2D eigenvalue weighted by Crippen LogP contribution is -2.22. The number of nitrogens with zero attached hydrogens (tertiary/aromatic N) is 3. The van der Waals surface area contributed by atoms with Crippen molar-refractivity contribution in [3.63, 3.8) is 0 Å². The van der Waals surface area contributed by atoms with Gasteiger partial charge in [0.2, 0.25) is 0 Å². The third-order valence-electron chi connectivity index (χ3n) is 6.16. The van der Waals surface area contributed by atoms with Crippen LogP contribution in [0.5, 0.6) is 11.5 Å². The van der Waals surface area contributed by atoms with Gasteiger partial charge in [-0.1, -0.05) is 54.2 Å². The first-order valence-electron chi connectivity index (χ1n) is 12.6. The van der Waals surface area contributed by atoms with E-state index in [9.17, 15) is 17.6 Å². The fraction of sp³-hybridized carbons (Fsp3) is 0.138. The number of nitrogens with one attached hydrogen (secondary N) is 2. The highest BCUT2D eigenvalue weighted by Gasteiger charge is 2.24. The molecule has 216 valence electrons. The largest absolute Gasteiger partial charge is 0.496 e. The summed E-state index contributed by atoms with van der Waals surface area (Å²) < 4.78 is 60.7. The van der Waals surface area contributed by atoms with Crippen molar-refractivity contribution in [2.75, 3.05) is 11.8 Å². The molecule has 2 N–H and O–H groups in total. The van der Waals surface area contributed by atoms with Crippen LogP contribution in [0.2, 0.25) is 0 Å². The number of amides is 1. The second-order valence-electron chi connectivity index (χ2n) is 9.16. The molecule has 0 unspecified atom stereocenters.